The molecule has 5 rings (SSSR count). The van der Waals surface area contributed by atoms with E-state index in [9.17, 15) is 0 Å². The van der Waals surface area contributed by atoms with Crippen molar-refractivity contribution in [1.82, 2.24) is 9.38 Å². The molecule has 0 aliphatic heterocycles. The van der Waals surface area contributed by atoms with E-state index in [0.29, 0.717) is 0 Å². The molecule has 164 valence electrons. The summed E-state index contributed by atoms with van der Waals surface area (Å²) in [5, 5.41) is 0. The average molecular weight is 426 g/mol. The number of nitrogens with zero attached hydrogens (tertiary/aromatic N) is 2. The zero-order chi connectivity index (χ0) is 22.0. The van der Waals surface area contributed by atoms with Gasteiger partial charge in [0.15, 0.2) is 0 Å². The number of rotatable bonds is 8. The number of hydrogen-bond donors (Lipinski definition) is 1. The number of ether oxygens (including phenoxy) is 1. The van der Waals surface area contributed by atoms with Gasteiger partial charge in [-0.3, -0.25) is 4.40 Å². The van der Waals surface area contributed by atoms with Crippen molar-refractivity contribution in [1.29, 1.82) is 0 Å². The summed E-state index contributed by atoms with van der Waals surface area (Å²) in [4.78, 5) is 5.05. The number of hydrogen-bond acceptors (Lipinski definition) is 3. The molecule has 2 N–H and O–H groups in total. The van der Waals surface area contributed by atoms with Crippen LogP contribution < -0.4 is 5.73 Å². The number of fused-ring (bicyclic) bond motifs is 1. The molecule has 4 aromatic rings. The molecule has 0 saturated heterocycles. The number of pyridine rings is 1. The minimum Gasteiger partial charge on any atom is -0.385 e. The lowest BCUT2D eigenvalue weighted by Crippen LogP contribution is -2.43. The van der Waals surface area contributed by atoms with Gasteiger partial charge in [-0.25, -0.2) is 4.98 Å². The molecule has 0 spiro atoms. The topological polar surface area (TPSA) is 52.5 Å². The molecular formula is C28H31N3O. The zero-order valence-electron chi connectivity index (χ0n) is 18.8. The summed E-state index contributed by atoms with van der Waals surface area (Å²) >= 11 is 0. The molecular weight excluding hydrogens is 394 g/mol. The van der Waals surface area contributed by atoms with Crippen molar-refractivity contribution in [3.05, 3.63) is 84.1 Å². The molecule has 32 heavy (non-hydrogen) atoms. The average Bonchev–Trinajstić information content (AvgIpc) is 3.20. The molecule has 4 nitrogen and oxygen atoms in total. The fourth-order valence-electron chi connectivity index (χ4n) is 4.69. The third-order valence-electron chi connectivity index (χ3n) is 6.77. The van der Waals surface area contributed by atoms with E-state index < -0.39 is 0 Å². The Balaban J connectivity index is 1.56. The van der Waals surface area contributed by atoms with Gasteiger partial charge < -0.3 is 10.5 Å². The van der Waals surface area contributed by atoms with Gasteiger partial charge in [-0.05, 0) is 55.7 Å². The highest BCUT2D eigenvalue weighted by Gasteiger charge is 2.34. The standard InChI is InChI=1S/C28H31N3O/c1-32-19-6-5-8-21-11-16-25-30-26(27(31(25)20-21)23-9-3-2-4-10-23)22-12-14-24(15-13-22)28(29)17-7-18-28/h2-4,9-16,20H,5-8,17-19,29H2,1H3. The van der Waals surface area contributed by atoms with Crippen molar-refractivity contribution >= 4 is 5.65 Å². The Bertz CT molecular complexity index is 1190. The van der Waals surface area contributed by atoms with Crippen LogP contribution in [0.5, 0.6) is 0 Å². The number of unbranched alkanes of at least 4 members (excludes halogenated alkanes) is 1. The first-order chi connectivity index (χ1) is 15.7. The van der Waals surface area contributed by atoms with Crippen LogP contribution in [-0.4, -0.2) is 23.1 Å². The van der Waals surface area contributed by atoms with Gasteiger partial charge in [-0.15, -0.1) is 0 Å². The van der Waals surface area contributed by atoms with Crippen LogP contribution in [0, 0.1) is 0 Å². The second kappa shape index (κ2) is 8.89. The van der Waals surface area contributed by atoms with Gasteiger partial charge in [0, 0.05) is 36.6 Å². The van der Waals surface area contributed by atoms with Gasteiger partial charge in [-0.1, -0.05) is 60.7 Å². The molecule has 0 atom stereocenters. The molecule has 1 aliphatic carbocycles. The van der Waals surface area contributed by atoms with Gasteiger partial charge in [0.1, 0.15) is 5.65 Å². The third kappa shape index (κ3) is 3.96. The van der Waals surface area contributed by atoms with E-state index in [1.54, 1.807) is 7.11 Å². The van der Waals surface area contributed by atoms with Crippen LogP contribution in [0.15, 0.2) is 72.9 Å². The summed E-state index contributed by atoms with van der Waals surface area (Å²) in [6, 6.07) is 23.6. The predicted molar refractivity (Wildman–Crippen MR) is 131 cm³/mol. The second-order valence-corrected chi connectivity index (χ2v) is 8.98. The molecule has 0 radical (unpaired) electrons. The number of benzene rings is 2. The summed E-state index contributed by atoms with van der Waals surface area (Å²) in [6.45, 7) is 0.812. The lowest BCUT2D eigenvalue weighted by Gasteiger charge is -2.38. The number of imidazole rings is 1. The summed E-state index contributed by atoms with van der Waals surface area (Å²) in [6.07, 6.45) is 8.84. The Labute approximate surface area is 190 Å². The highest BCUT2D eigenvalue weighted by Crippen LogP contribution is 2.40. The number of nitrogens with two attached hydrogens (primary N) is 1. The Morgan fingerprint density at radius 2 is 1.72 bits per heavy atom. The molecule has 2 aromatic heterocycles. The maximum atomic E-state index is 6.54. The summed E-state index contributed by atoms with van der Waals surface area (Å²) in [7, 11) is 1.76. The highest BCUT2D eigenvalue weighted by molar-refractivity contribution is 5.82. The summed E-state index contributed by atoms with van der Waals surface area (Å²) < 4.78 is 7.45. The van der Waals surface area contributed by atoms with Gasteiger partial charge in [0.05, 0.1) is 11.4 Å². The molecule has 0 bridgehead atoms. The van der Waals surface area contributed by atoms with Gasteiger partial charge in [0.25, 0.3) is 0 Å². The molecule has 2 aromatic carbocycles. The Morgan fingerprint density at radius 1 is 0.938 bits per heavy atom. The van der Waals surface area contributed by atoms with E-state index in [4.69, 9.17) is 15.5 Å². The number of methoxy groups -OCH3 is 1. The van der Waals surface area contributed by atoms with Crippen LogP contribution in [0.1, 0.15) is 43.2 Å². The zero-order valence-corrected chi connectivity index (χ0v) is 18.8. The van der Waals surface area contributed by atoms with Crippen LogP contribution in [0.4, 0.5) is 0 Å². The van der Waals surface area contributed by atoms with E-state index in [1.807, 2.05) is 0 Å². The van der Waals surface area contributed by atoms with Crippen molar-refractivity contribution in [3.63, 3.8) is 0 Å². The SMILES string of the molecule is COCCCCc1ccc2nc(-c3ccc(C4(N)CCC4)cc3)c(-c3ccccc3)n2c1. The van der Waals surface area contributed by atoms with Crippen molar-refractivity contribution in [2.24, 2.45) is 5.73 Å². The smallest absolute Gasteiger partial charge is 0.137 e. The Kier molecular flexibility index (Phi) is 5.81. The monoisotopic (exact) mass is 425 g/mol. The number of aryl methyl sites for hydroxylation is 1. The van der Waals surface area contributed by atoms with Crippen molar-refractivity contribution in [2.75, 3.05) is 13.7 Å². The molecule has 1 aliphatic rings. The van der Waals surface area contributed by atoms with Crippen LogP contribution in [0.3, 0.4) is 0 Å². The van der Waals surface area contributed by atoms with Crippen molar-refractivity contribution in [3.8, 4) is 22.5 Å². The Hall–Kier alpha value is -2.95. The first-order valence-electron chi connectivity index (χ1n) is 11.6. The van der Waals surface area contributed by atoms with Crippen LogP contribution in [-0.2, 0) is 16.7 Å². The summed E-state index contributed by atoms with van der Waals surface area (Å²) in [5.41, 5.74) is 14.4. The lowest BCUT2D eigenvalue weighted by molar-refractivity contribution is 0.193. The minimum absolute atomic E-state index is 0.141. The van der Waals surface area contributed by atoms with E-state index in [-0.39, 0.29) is 5.54 Å². The minimum atomic E-state index is -0.141. The van der Waals surface area contributed by atoms with Gasteiger partial charge >= 0.3 is 0 Å². The lowest BCUT2D eigenvalue weighted by atomic mass is 9.72. The maximum Gasteiger partial charge on any atom is 0.137 e. The number of aromatic nitrogens is 2. The molecule has 1 fully saturated rings. The van der Waals surface area contributed by atoms with Crippen molar-refractivity contribution in [2.45, 2.75) is 44.1 Å². The highest BCUT2D eigenvalue weighted by atomic mass is 16.5. The molecule has 1 saturated carbocycles. The first kappa shape index (κ1) is 20.9. The van der Waals surface area contributed by atoms with Crippen LogP contribution >= 0.6 is 0 Å². The molecule has 2 heterocycles. The first-order valence-corrected chi connectivity index (χ1v) is 11.6. The molecule has 0 amide bonds. The molecule has 0 unspecified atom stereocenters. The van der Waals surface area contributed by atoms with Crippen LogP contribution in [0.25, 0.3) is 28.2 Å². The van der Waals surface area contributed by atoms with Crippen LogP contribution in [0.2, 0.25) is 0 Å². The third-order valence-corrected chi connectivity index (χ3v) is 6.77. The van der Waals surface area contributed by atoms with E-state index in [0.717, 1.165) is 61.3 Å². The van der Waals surface area contributed by atoms with E-state index >= 15 is 0 Å². The normalized spacial score (nSPS) is 15.1. The largest absolute Gasteiger partial charge is 0.385 e. The molecule has 4 heteroatoms. The second-order valence-electron chi connectivity index (χ2n) is 8.98. The van der Waals surface area contributed by atoms with E-state index in [2.05, 4.69) is 77.3 Å². The fourth-order valence-corrected chi connectivity index (χ4v) is 4.69. The Morgan fingerprint density at radius 3 is 2.41 bits per heavy atom. The van der Waals surface area contributed by atoms with Gasteiger partial charge in [-0.2, -0.15) is 0 Å². The predicted octanol–water partition coefficient (Wildman–Crippen LogP) is 5.98. The van der Waals surface area contributed by atoms with E-state index in [1.165, 1.54) is 23.1 Å². The van der Waals surface area contributed by atoms with Gasteiger partial charge in [0.2, 0.25) is 0 Å². The van der Waals surface area contributed by atoms with Crippen molar-refractivity contribution < 1.29 is 4.74 Å². The fraction of sp³-hybridized carbons (Fsp3) is 0.321. The maximum absolute atomic E-state index is 6.54. The summed E-state index contributed by atoms with van der Waals surface area (Å²) in [5.74, 6) is 0. The quantitative estimate of drug-likeness (QED) is 0.354.